The number of nitrogens with zero attached hydrogens (tertiary/aromatic N) is 3. The van der Waals surface area contributed by atoms with Gasteiger partial charge in [0.1, 0.15) is 0 Å². The first-order valence-corrected chi connectivity index (χ1v) is 8.54. The van der Waals surface area contributed by atoms with Gasteiger partial charge in [-0.3, -0.25) is 4.98 Å². The molecular weight excluding hydrogens is 312 g/mol. The first-order valence-electron chi connectivity index (χ1n) is 8.54. The molecule has 0 aromatic carbocycles. The Bertz CT molecular complexity index is 1050. The predicted octanol–water partition coefficient (Wildman–Crippen LogP) is 4.32. The normalized spacial score (nSPS) is 12.8. The number of nitrogens with one attached hydrogen (secondary N) is 1. The summed E-state index contributed by atoms with van der Waals surface area (Å²) in [6.07, 6.45) is 8.61. The molecule has 5 heteroatoms. The maximum atomic E-state index is 10.1. The molecule has 4 aromatic rings. The zero-order valence-corrected chi connectivity index (χ0v) is 14.3. The monoisotopic (exact) mass is 332 g/mol. The molecule has 0 spiro atoms. The van der Waals surface area contributed by atoms with E-state index in [1.807, 2.05) is 37.6 Å². The Morgan fingerprint density at radius 3 is 2.80 bits per heavy atom. The number of aliphatic hydroxyl groups excluding tert-OH is 1. The molecule has 0 saturated carbocycles. The summed E-state index contributed by atoms with van der Waals surface area (Å²) in [7, 11) is 0. The van der Waals surface area contributed by atoms with Gasteiger partial charge < -0.3 is 10.1 Å². The predicted molar refractivity (Wildman–Crippen MR) is 99.2 cm³/mol. The standard InChI is InChI=1S/C20H20N4O/c1-3-4-19(25)18-7-12(2)15(10-23-18)17-8-13-9-24-20-14(5-6-21-20)16(13)11-22-17/h5-11,19,22,25H,3-4H2,1-2H3/t19-/m1/s1. The first kappa shape index (κ1) is 15.7. The second-order valence-electron chi connectivity index (χ2n) is 6.38. The molecule has 5 nitrogen and oxygen atoms in total. The van der Waals surface area contributed by atoms with E-state index in [1.54, 1.807) is 6.20 Å². The van der Waals surface area contributed by atoms with Gasteiger partial charge in [0.25, 0.3) is 0 Å². The summed E-state index contributed by atoms with van der Waals surface area (Å²) < 4.78 is 0. The lowest BCUT2D eigenvalue weighted by molar-refractivity contribution is 0.161. The van der Waals surface area contributed by atoms with Crippen LogP contribution in [0.2, 0.25) is 0 Å². The molecule has 25 heavy (non-hydrogen) atoms. The molecule has 4 rings (SSSR count). The van der Waals surface area contributed by atoms with Crippen molar-refractivity contribution in [2.24, 2.45) is 0 Å². The fraction of sp³-hybridized carbons (Fsp3) is 0.250. The van der Waals surface area contributed by atoms with Gasteiger partial charge in [-0.2, -0.15) is 0 Å². The zero-order valence-electron chi connectivity index (χ0n) is 14.3. The number of aliphatic hydroxyl groups is 1. The number of pyridine rings is 3. The third kappa shape index (κ3) is 2.76. The van der Waals surface area contributed by atoms with Crippen LogP contribution in [0, 0.1) is 6.92 Å². The molecule has 0 unspecified atom stereocenters. The summed E-state index contributed by atoms with van der Waals surface area (Å²) in [6.45, 7) is 4.10. The average Bonchev–Trinajstić information content (AvgIpc) is 3.10. The van der Waals surface area contributed by atoms with Gasteiger partial charge >= 0.3 is 0 Å². The minimum Gasteiger partial charge on any atom is -0.387 e. The number of hydrogen-bond donors (Lipinski definition) is 2. The van der Waals surface area contributed by atoms with E-state index < -0.39 is 6.10 Å². The van der Waals surface area contributed by atoms with E-state index in [-0.39, 0.29) is 0 Å². The molecular formula is C20H20N4O. The summed E-state index contributed by atoms with van der Waals surface area (Å²) in [5.74, 6) is 0. The van der Waals surface area contributed by atoms with Crippen molar-refractivity contribution in [1.82, 2.24) is 19.9 Å². The summed E-state index contributed by atoms with van der Waals surface area (Å²) in [4.78, 5) is 16.5. The molecule has 2 N–H and O–H groups in total. The number of aromatic nitrogens is 4. The minimum atomic E-state index is -0.499. The fourth-order valence-electron chi connectivity index (χ4n) is 3.24. The lowest BCUT2D eigenvalue weighted by Crippen LogP contribution is -2.01. The first-order chi connectivity index (χ1) is 12.2. The van der Waals surface area contributed by atoms with E-state index in [4.69, 9.17) is 0 Å². The van der Waals surface area contributed by atoms with Crippen molar-refractivity contribution in [2.45, 2.75) is 32.8 Å². The fourth-order valence-corrected chi connectivity index (χ4v) is 3.24. The SMILES string of the molecule is CCC[C@@H](O)c1cc(C)c(-c2cc3cnc4nccc4c3c[nH]2)cn1. The molecule has 0 bridgehead atoms. The van der Waals surface area contributed by atoms with E-state index in [0.717, 1.165) is 57.2 Å². The molecule has 0 aliphatic heterocycles. The third-order valence-electron chi connectivity index (χ3n) is 4.60. The lowest BCUT2D eigenvalue weighted by Gasteiger charge is -2.13. The molecule has 1 atom stereocenters. The molecule has 126 valence electrons. The van der Waals surface area contributed by atoms with Crippen molar-refractivity contribution in [1.29, 1.82) is 0 Å². The van der Waals surface area contributed by atoms with E-state index in [2.05, 4.69) is 32.9 Å². The molecule has 4 heterocycles. The molecule has 0 aliphatic rings. The van der Waals surface area contributed by atoms with E-state index >= 15 is 0 Å². The van der Waals surface area contributed by atoms with Crippen molar-refractivity contribution in [2.75, 3.05) is 0 Å². The van der Waals surface area contributed by atoms with Crippen LogP contribution in [0.25, 0.3) is 33.1 Å². The Labute approximate surface area is 145 Å². The van der Waals surface area contributed by atoms with Crippen LogP contribution < -0.4 is 0 Å². The maximum absolute atomic E-state index is 10.1. The Kier molecular flexibility index (Phi) is 3.93. The highest BCUT2D eigenvalue weighted by atomic mass is 16.3. The third-order valence-corrected chi connectivity index (χ3v) is 4.60. The molecule has 0 radical (unpaired) electrons. The van der Waals surface area contributed by atoms with Gasteiger partial charge in [0.05, 0.1) is 11.8 Å². The van der Waals surface area contributed by atoms with Crippen molar-refractivity contribution < 1.29 is 5.11 Å². The van der Waals surface area contributed by atoms with Crippen LogP contribution in [-0.4, -0.2) is 25.0 Å². The molecule has 4 aromatic heterocycles. The number of aromatic amines is 1. The summed E-state index contributed by atoms with van der Waals surface area (Å²) >= 11 is 0. The van der Waals surface area contributed by atoms with E-state index in [1.165, 1.54) is 0 Å². The number of hydrogen-bond acceptors (Lipinski definition) is 4. The smallest absolute Gasteiger partial charge is 0.159 e. The molecule has 0 fully saturated rings. The van der Waals surface area contributed by atoms with Crippen molar-refractivity contribution in [3.8, 4) is 11.3 Å². The second kappa shape index (κ2) is 6.26. The quantitative estimate of drug-likeness (QED) is 0.584. The zero-order chi connectivity index (χ0) is 17.4. The highest BCUT2D eigenvalue weighted by molar-refractivity contribution is 6.04. The summed E-state index contributed by atoms with van der Waals surface area (Å²) in [6, 6.07) is 6.03. The van der Waals surface area contributed by atoms with Gasteiger partial charge in [0.2, 0.25) is 0 Å². The van der Waals surface area contributed by atoms with Gasteiger partial charge in [0.15, 0.2) is 5.65 Å². The number of fused-ring (bicyclic) bond motifs is 3. The van der Waals surface area contributed by atoms with Gasteiger partial charge in [-0.15, -0.1) is 0 Å². The van der Waals surface area contributed by atoms with E-state index in [9.17, 15) is 5.11 Å². The van der Waals surface area contributed by atoms with Gasteiger partial charge in [-0.25, -0.2) is 9.97 Å². The van der Waals surface area contributed by atoms with Crippen LogP contribution in [0.1, 0.15) is 37.1 Å². The van der Waals surface area contributed by atoms with Crippen molar-refractivity contribution in [3.63, 3.8) is 0 Å². The van der Waals surface area contributed by atoms with Crippen LogP contribution in [0.15, 0.2) is 43.0 Å². The lowest BCUT2D eigenvalue weighted by atomic mass is 10.0. The van der Waals surface area contributed by atoms with Gasteiger partial charge in [-0.1, -0.05) is 13.3 Å². The Balaban J connectivity index is 1.77. The average molecular weight is 332 g/mol. The number of rotatable bonds is 4. The van der Waals surface area contributed by atoms with Crippen LogP contribution in [0.4, 0.5) is 0 Å². The number of aryl methyl sites for hydroxylation is 1. The topological polar surface area (TPSA) is 74.7 Å². The second-order valence-corrected chi connectivity index (χ2v) is 6.38. The maximum Gasteiger partial charge on any atom is 0.159 e. The van der Waals surface area contributed by atoms with Crippen molar-refractivity contribution >= 4 is 21.8 Å². The van der Waals surface area contributed by atoms with Crippen LogP contribution in [0.3, 0.4) is 0 Å². The van der Waals surface area contributed by atoms with Crippen LogP contribution in [0.5, 0.6) is 0 Å². The Morgan fingerprint density at radius 2 is 2.00 bits per heavy atom. The highest BCUT2D eigenvalue weighted by Gasteiger charge is 2.12. The highest BCUT2D eigenvalue weighted by Crippen LogP contribution is 2.28. The van der Waals surface area contributed by atoms with Crippen molar-refractivity contribution in [3.05, 3.63) is 54.2 Å². The molecule has 0 saturated heterocycles. The van der Waals surface area contributed by atoms with Crippen LogP contribution >= 0.6 is 0 Å². The summed E-state index contributed by atoms with van der Waals surface area (Å²) in [5, 5.41) is 13.4. The Hall–Kier alpha value is -2.79. The molecule has 0 aliphatic carbocycles. The largest absolute Gasteiger partial charge is 0.387 e. The minimum absolute atomic E-state index is 0.499. The van der Waals surface area contributed by atoms with E-state index in [0.29, 0.717) is 0 Å². The van der Waals surface area contributed by atoms with Gasteiger partial charge in [-0.05, 0) is 37.1 Å². The molecule has 0 amide bonds. The van der Waals surface area contributed by atoms with Gasteiger partial charge in [0, 0.05) is 52.2 Å². The van der Waals surface area contributed by atoms with Crippen LogP contribution in [-0.2, 0) is 0 Å². The number of H-pyrrole nitrogens is 1. The Morgan fingerprint density at radius 1 is 1.12 bits per heavy atom. The summed E-state index contributed by atoms with van der Waals surface area (Å²) in [5.41, 5.74) is 4.58.